The minimum atomic E-state index is 0.454. The van der Waals surface area contributed by atoms with Gasteiger partial charge in [-0.2, -0.15) is 5.10 Å². The van der Waals surface area contributed by atoms with Gasteiger partial charge in [-0.05, 0) is 58.2 Å². The fourth-order valence-electron chi connectivity index (χ4n) is 4.02. The molecule has 1 aromatic carbocycles. The second kappa shape index (κ2) is 10.4. The van der Waals surface area contributed by atoms with Crippen molar-refractivity contribution in [1.82, 2.24) is 25.3 Å². The number of nitrogens with one attached hydrogen (secondary N) is 2. The van der Waals surface area contributed by atoms with E-state index in [1.165, 1.54) is 5.57 Å². The van der Waals surface area contributed by atoms with Crippen molar-refractivity contribution in [2.75, 3.05) is 26.2 Å². The summed E-state index contributed by atoms with van der Waals surface area (Å²) < 4.78 is 2.01. The Morgan fingerprint density at radius 3 is 2.60 bits per heavy atom. The number of aliphatic imine (C=N–C) groups is 1. The van der Waals surface area contributed by atoms with Gasteiger partial charge in [0.05, 0.1) is 17.9 Å². The summed E-state index contributed by atoms with van der Waals surface area (Å²) in [5, 5.41) is 11.7. The first-order chi connectivity index (χ1) is 14.5. The number of guanidine groups is 1. The van der Waals surface area contributed by atoms with Crippen LogP contribution in [0.25, 0.3) is 5.69 Å². The van der Waals surface area contributed by atoms with Crippen LogP contribution in [-0.4, -0.2) is 52.9 Å². The summed E-state index contributed by atoms with van der Waals surface area (Å²) in [5.41, 5.74) is 5.65. The second-order valence-electron chi connectivity index (χ2n) is 8.31. The molecule has 2 aromatic rings. The van der Waals surface area contributed by atoms with Gasteiger partial charge in [0.2, 0.25) is 0 Å². The molecule has 3 rings (SSSR count). The van der Waals surface area contributed by atoms with Crippen LogP contribution in [0.4, 0.5) is 0 Å². The number of likely N-dealkylation sites (tertiary alicyclic amines) is 1. The summed E-state index contributed by atoms with van der Waals surface area (Å²) in [7, 11) is 0. The lowest BCUT2D eigenvalue weighted by atomic mass is 10.0. The van der Waals surface area contributed by atoms with Gasteiger partial charge in [-0.15, -0.1) is 0 Å². The van der Waals surface area contributed by atoms with E-state index in [0.29, 0.717) is 12.6 Å². The van der Waals surface area contributed by atoms with E-state index in [2.05, 4.69) is 78.3 Å². The van der Waals surface area contributed by atoms with Gasteiger partial charge in [-0.1, -0.05) is 30.4 Å². The molecule has 1 aliphatic rings. The average Bonchev–Trinajstić information content (AvgIpc) is 3.05. The van der Waals surface area contributed by atoms with Gasteiger partial charge in [0.25, 0.3) is 0 Å². The van der Waals surface area contributed by atoms with Gasteiger partial charge < -0.3 is 10.6 Å². The van der Waals surface area contributed by atoms with Crippen molar-refractivity contribution < 1.29 is 0 Å². The summed E-state index contributed by atoms with van der Waals surface area (Å²) in [5.74, 6) is 0.888. The minimum Gasteiger partial charge on any atom is -0.357 e. The van der Waals surface area contributed by atoms with Crippen LogP contribution in [0.15, 0.2) is 47.5 Å². The molecule has 0 unspecified atom stereocenters. The van der Waals surface area contributed by atoms with Crippen LogP contribution in [0.5, 0.6) is 0 Å². The molecular weight excluding hydrogens is 372 g/mol. The average molecular weight is 409 g/mol. The molecule has 162 valence electrons. The summed E-state index contributed by atoms with van der Waals surface area (Å²) in [6.07, 6.45) is 2.25. The minimum absolute atomic E-state index is 0.454. The first kappa shape index (κ1) is 22.1. The predicted molar refractivity (Wildman–Crippen MR) is 125 cm³/mol. The highest BCUT2D eigenvalue weighted by Gasteiger charge is 2.20. The first-order valence-corrected chi connectivity index (χ1v) is 11.0. The molecule has 6 nitrogen and oxygen atoms in total. The Labute approximate surface area is 181 Å². The number of hydrogen-bond donors (Lipinski definition) is 2. The SMILES string of the molecule is C=C(C)CN1CCC(NC(=NCc2ccccc2-n2nc(C)cc2C)NCC)CC1. The number of nitrogens with zero attached hydrogens (tertiary/aromatic N) is 4. The Morgan fingerprint density at radius 1 is 1.23 bits per heavy atom. The normalized spacial score (nSPS) is 15.9. The Morgan fingerprint density at radius 2 is 1.97 bits per heavy atom. The molecule has 1 aromatic heterocycles. The number of aryl methyl sites for hydroxylation is 2. The molecule has 0 saturated carbocycles. The number of hydrogen-bond acceptors (Lipinski definition) is 3. The lowest BCUT2D eigenvalue weighted by Crippen LogP contribution is -2.48. The van der Waals surface area contributed by atoms with Crippen molar-refractivity contribution >= 4 is 5.96 Å². The molecule has 0 aliphatic carbocycles. The standard InChI is InChI=1S/C24H36N6/c1-6-25-24(27-22-11-13-29(14-12-22)17-18(2)3)26-16-21-9-7-8-10-23(21)30-20(5)15-19(4)28-30/h7-10,15,22H,2,6,11-14,16-17H2,1,3-5H3,(H2,25,26,27). The first-order valence-electron chi connectivity index (χ1n) is 11.0. The number of piperidine rings is 1. The number of aromatic nitrogens is 2. The summed E-state index contributed by atoms with van der Waals surface area (Å²) in [6.45, 7) is 17.0. The Bertz CT molecular complexity index is 874. The van der Waals surface area contributed by atoms with Gasteiger partial charge in [-0.25, -0.2) is 9.67 Å². The topological polar surface area (TPSA) is 57.5 Å². The van der Waals surface area contributed by atoms with Crippen molar-refractivity contribution in [1.29, 1.82) is 0 Å². The van der Waals surface area contributed by atoms with E-state index in [-0.39, 0.29) is 0 Å². The van der Waals surface area contributed by atoms with Gasteiger partial charge in [-0.3, -0.25) is 4.90 Å². The van der Waals surface area contributed by atoms with E-state index in [1.807, 2.05) is 11.6 Å². The maximum Gasteiger partial charge on any atom is 0.191 e. The third-order valence-corrected chi connectivity index (χ3v) is 5.40. The fraction of sp³-hybridized carbons (Fsp3) is 0.500. The number of benzene rings is 1. The zero-order valence-corrected chi connectivity index (χ0v) is 18.9. The number of rotatable bonds is 7. The Balaban J connectivity index is 1.67. The quantitative estimate of drug-likeness (QED) is 0.418. The van der Waals surface area contributed by atoms with Crippen LogP contribution in [0.1, 0.15) is 43.6 Å². The lowest BCUT2D eigenvalue weighted by molar-refractivity contribution is 0.221. The molecule has 0 amide bonds. The Kier molecular flexibility index (Phi) is 7.69. The maximum atomic E-state index is 4.89. The third kappa shape index (κ3) is 5.95. The molecule has 6 heteroatoms. The molecule has 30 heavy (non-hydrogen) atoms. The van der Waals surface area contributed by atoms with Crippen LogP contribution in [0.2, 0.25) is 0 Å². The highest BCUT2D eigenvalue weighted by molar-refractivity contribution is 5.80. The monoisotopic (exact) mass is 408 g/mol. The number of para-hydroxylation sites is 1. The smallest absolute Gasteiger partial charge is 0.191 e. The van der Waals surface area contributed by atoms with Crippen LogP contribution in [0.3, 0.4) is 0 Å². The molecule has 0 spiro atoms. The van der Waals surface area contributed by atoms with E-state index in [0.717, 1.165) is 67.6 Å². The molecule has 2 heterocycles. The zero-order valence-electron chi connectivity index (χ0n) is 18.9. The van der Waals surface area contributed by atoms with Gasteiger partial charge in [0.1, 0.15) is 0 Å². The van der Waals surface area contributed by atoms with E-state index in [4.69, 9.17) is 4.99 Å². The molecule has 0 atom stereocenters. The van der Waals surface area contributed by atoms with Gasteiger partial charge >= 0.3 is 0 Å². The van der Waals surface area contributed by atoms with Crippen molar-refractivity contribution in [3.8, 4) is 5.69 Å². The van der Waals surface area contributed by atoms with Gasteiger partial charge in [0, 0.05) is 37.9 Å². The molecule has 1 saturated heterocycles. The molecule has 2 N–H and O–H groups in total. The van der Waals surface area contributed by atoms with Crippen molar-refractivity contribution in [3.05, 3.63) is 59.4 Å². The van der Waals surface area contributed by atoms with Crippen LogP contribution >= 0.6 is 0 Å². The highest BCUT2D eigenvalue weighted by Crippen LogP contribution is 2.18. The lowest BCUT2D eigenvalue weighted by Gasteiger charge is -2.33. The molecule has 0 radical (unpaired) electrons. The highest BCUT2D eigenvalue weighted by atomic mass is 15.3. The predicted octanol–water partition coefficient (Wildman–Crippen LogP) is 3.58. The van der Waals surface area contributed by atoms with E-state index < -0.39 is 0 Å². The maximum absolute atomic E-state index is 4.89. The molecule has 1 fully saturated rings. The van der Waals surface area contributed by atoms with Crippen LogP contribution in [-0.2, 0) is 6.54 Å². The van der Waals surface area contributed by atoms with Crippen molar-refractivity contribution in [2.45, 2.75) is 53.1 Å². The second-order valence-corrected chi connectivity index (χ2v) is 8.31. The molecule has 0 bridgehead atoms. The van der Waals surface area contributed by atoms with Crippen LogP contribution < -0.4 is 10.6 Å². The third-order valence-electron chi connectivity index (χ3n) is 5.40. The van der Waals surface area contributed by atoms with Crippen molar-refractivity contribution in [2.24, 2.45) is 4.99 Å². The molecular formula is C24H36N6. The summed E-state index contributed by atoms with van der Waals surface area (Å²) >= 11 is 0. The Hall–Kier alpha value is -2.60. The fourth-order valence-corrected chi connectivity index (χ4v) is 4.02. The zero-order chi connectivity index (χ0) is 21.5. The van der Waals surface area contributed by atoms with E-state index in [9.17, 15) is 0 Å². The summed E-state index contributed by atoms with van der Waals surface area (Å²) in [6, 6.07) is 10.9. The van der Waals surface area contributed by atoms with E-state index in [1.54, 1.807) is 0 Å². The van der Waals surface area contributed by atoms with Crippen LogP contribution in [0, 0.1) is 13.8 Å². The summed E-state index contributed by atoms with van der Waals surface area (Å²) in [4.78, 5) is 7.37. The van der Waals surface area contributed by atoms with Gasteiger partial charge in [0.15, 0.2) is 5.96 Å². The molecule has 1 aliphatic heterocycles. The largest absolute Gasteiger partial charge is 0.357 e. The van der Waals surface area contributed by atoms with Crippen molar-refractivity contribution in [3.63, 3.8) is 0 Å². The van der Waals surface area contributed by atoms with E-state index >= 15 is 0 Å².